The Morgan fingerprint density at radius 1 is 0.920 bits per heavy atom. The Balaban J connectivity index is 1.65. The number of aryl methyl sites for hydroxylation is 1. The number of aromatic nitrogens is 1. The average Bonchev–Trinajstić information content (AvgIpc) is 2.68. The Labute approximate surface area is 149 Å². The molecule has 1 aromatic heterocycles. The fourth-order valence-electron chi connectivity index (χ4n) is 3.67. The molecule has 0 unspecified atom stereocenters. The molecule has 3 aromatic rings. The molecule has 126 valence electrons. The molecule has 2 heteroatoms. The van der Waals surface area contributed by atoms with E-state index in [4.69, 9.17) is 0 Å². The molecule has 0 spiro atoms. The number of pyridine rings is 1. The molecule has 1 fully saturated rings. The number of fused-ring (bicyclic) bond motifs is 1. The van der Waals surface area contributed by atoms with Gasteiger partial charge < -0.3 is 4.90 Å². The lowest BCUT2D eigenvalue weighted by Crippen LogP contribution is -2.30. The predicted molar refractivity (Wildman–Crippen MR) is 108 cm³/mol. The van der Waals surface area contributed by atoms with Crippen LogP contribution in [0.1, 0.15) is 36.1 Å². The summed E-state index contributed by atoms with van der Waals surface area (Å²) in [6.45, 7) is 4.49. The summed E-state index contributed by atoms with van der Waals surface area (Å²) in [6, 6.07) is 17.2. The van der Waals surface area contributed by atoms with Crippen LogP contribution in [-0.2, 0) is 0 Å². The molecule has 0 N–H and O–H groups in total. The van der Waals surface area contributed by atoms with E-state index in [1.807, 2.05) is 6.20 Å². The summed E-state index contributed by atoms with van der Waals surface area (Å²) in [5, 5.41) is 2.56. The van der Waals surface area contributed by atoms with E-state index in [2.05, 4.69) is 77.5 Å². The molecule has 1 saturated heterocycles. The molecule has 1 aliphatic heterocycles. The highest BCUT2D eigenvalue weighted by atomic mass is 15.1. The number of anilines is 1. The normalized spacial score (nSPS) is 15.2. The van der Waals surface area contributed by atoms with Gasteiger partial charge in [0.25, 0.3) is 0 Å². The van der Waals surface area contributed by atoms with E-state index < -0.39 is 0 Å². The molecule has 0 saturated carbocycles. The van der Waals surface area contributed by atoms with Crippen LogP contribution in [0.5, 0.6) is 0 Å². The average molecular weight is 328 g/mol. The van der Waals surface area contributed by atoms with Crippen molar-refractivity contribution in [2.24, 2.45) is 0 Å². The van der Waals surface area contributed by atoms with Crippen molar-refractivity contribution in [3.05, 3.63) is 71.5 Å². The second-order valence-corrected chi connectivity index (χ2v) is 6.85. The van der Waals surface area contributed by atoms with Gasteiger partial charge in [-0.25, -0.2) is 0 Å². The predicted octanol–water partition coefficient (Wildman–Crippen LogP) is 5.70. The van der Waals surface area contributed by atoms with Crippen molar-refractivity contribution in [3.63, 3.8) is 0 Å². The van der Waals surface area contributed by atoms with Crippen LogP contribution in [0, 0.1) is 6.92 Å². The van der Waals surface area contributed by atoms with Gasteiger partial charge in [-0.1, -0.05) is 48.5 Å². The number of piperidine rings is 1. The van der Waals surface area contributed by atoms with Crippen LogP contribution < -0.4 is 4.90 Å². The summed E-state index contributed by atoms with van der Waals surface area (Å²) in [6.07, 6.45) is 10.3. The Hall–Kier alpha value is -2.61. The van der Waals surface area contributed by atoms with Crippen LogP contribution in [-0.4, -0.2) is 18.1 Å². The first-order chi connectivity index (χ1) is 12.3. The van der Waals surface area contributed by atoms with Crippen LogP contribution in [0.4, 0.5) is 5.69 Å². The molecule has 0 bridgehead atoms. The van der Waals surface area contributed by atoms with E-state index in [1.54, 1.807) is 0 Å². The molecule has 0 aliphatic carbocycles. The first kappa shape index (κ1) is 15.9. The van der Waals surface area contributed by atoms with Crippen molar-refractivity contribution in [1.29, 1.82) is 0 Å². The number of benzene rings is 2. The quantitative estimate of drug-likeness (QED) is 0.613. The van der Waals surface area contributed by atoms with Crippen molar-refractivity contribution in [2.45, 2.75) is 26.2 Å². The smallest absolute Gasteiger partial charge is 0.0650 e. The minimum absolute atomic E-state index is 1.03. The monoisotopic (exact) mass is 328 g/mol. The zero-order valence-corrected chi connectivity index (χ0v) is 14.8. The highest BCUT2D eigenvalue weighted by molar-refractivity contribution is 5.92. The number of hydrogen-bond acceptors (Lipinski definition) is 2. The maximum atomic E-state index is 4.62. The number of rotatable bonds is 3. The van der Waals surface area contributed by atoms with Crippen molar-refractivity contribution >= 4 is 28.6 Å². The van der Waals surface area contributed by atoms with Gasteiger partial charge in [-0.3, -0.25) is 4.98 Å². The zero-order chi connectivity index (χ0) is 17.1. The van der Waals surface area contributed by atoms with Crippen LogP contribution in [0.15, 0.2) is 54.7 Å². The van der Waals surface area contributed by atoms with E-state index in [-0.39, 0.29) is 0 Å². The first-order valence-electron chi connectivity index (χ1n) is 9.19. The van der Waals surface area contributed by atoms with Gasteiger partial charge in [-0.15, -0.1) is 0 Å². The van der Waals surface area contributed by atoms with E-state index in [1.165, 1.54) is 46.8 Å². The van der Waals surface area contributed by atoms with Gasteiger partial charge in [-0.05, 0) is 60.2 Å². The molecule has 2 aromatic carbocycles. The third-order valence-electron chi connectivity index (χ3n) is 5.05. The van der Waals surface area contributed by atoms with Crippen LogP contribution in [0.2, 0.25) is 0 Å². The molecule has 1 aliphatic rings. The molecule has 0 radical (unpaired) electrons. The van der Waals surface area contributed by atoms with Crippen LogP contribution in [0.25, 0.3) is 22.9 Å². The van der Waals surface area contributed by atoms with Gasteiger partial charge in [0.1, 0.15) is 0 Å². The SMILES string of the molecule is Cc1cnc(/C=C\c2cccc3ccccc23)cc1N1CCCCC1. The summed E-state index contributed by atoms with van der Waals surface area (Å²) in [7, 11) is 0. The molecule has 0 atom stereocenters. The standard InChI is InChI=1S/C23H24N2/c1-18-17-24-21(16-23(18)25-14-5-2-6-15-25)13-12-20-10-7-9-19-8-3-4-11-22(19)20/h3-4,7-13,16-17H,2,5-6,14-15H2,1H3/b13-12-. The summed E-state index contributed by atoms with van der Waals surface area (Å²) >= 11 is 0. The summed E-state index contributed by atoms with van der Waals surface area (Å²) in [5.41, 5.74) is 4.87. The lowest BCUT2D eigenvalue weighted by molar-refractivity contribution is 0.577. The lowest BCUT2D eigenvalue weighted by Gasteiger charge is -2.30. The second kappa shape index (κ2) is 7.10. The fraction of sp³-hybridized carbons (Fsp3) is 0.261. The van der Waals surface area contributed by atoms with Gasteiger partial charge in [0.05, 0.1) is 5.69 Å². The summed E-state index contributed by atoms with van der Waals surface area (Å²) in [4.78, 5) is 7.13. The highest BCUT2D eigenvalue weighted by Crippen LogP contribution is 2.25. The van der Waals surface area contributed by atoms with Crippen molar-refractivity contribution in [3.8, 4) is 0 Å². The zero-order valence-electron chi connectivity index (χ0n) is 14.8. The van der Waals surface area contributed by atoms with E-state index in [0.29, 0.717) is 0 Å². The van der Waals surface area contributed by atoms with Gasteiger partial charge in [0, 0.05) is 25.0 Å². The minimum atomic E-state index is 1.03. The first-order valence-corrected chi connectivity index (χ1v) is 9.19. The maximum Gasteiger partial charge on any atom is 0.0650 e. The van der Waals surface area contributed by atoms with Gasteiger partial charge in [0.15, 0.2) is 0 Å². The third-order valence-corrected chi connectivity index (χ3v) is 5.05. The van der Waals surface area contributed by atoms with Crippen LogP contribution in [0.3, 0.4) is 0 Å². The molecular formula is C23H24N2. The van der Waals surface area contributed by atoms with Crippen molar-refractivity contribution in [1.82, 2.24) is 4.98 Å². The molecule has 2 nitrogen and oxygen atoms in total. The highest BCUT2D eigenvalue weighted by Gasteiger charge is 2.13. The summed E-state index contributed by atoms with van der Waals surface area (Å²) in [5.74, 6) is 0. The maximum absolute atomic E-state index is 4.62. The number of nitrogens with zero attached hydrogens (tertiary/aromatic N) is 2. The topological polar surface area (TPSA) is 16.1 Å². The van der Waals surface area contributed by atoms with Crippen molar-refractivity contribution < 1.29 is 0 Å². The van der Waals surface area contributed by atoms with E-state index >= 15 is 0 Å². The number of hydrogen-bond donors (Lipinski definition) is 0. The van der Waals surface area contributed by atoms with Gasteiger partial charge >= 0.3 is 0 Å². The van der Waals surface area contributed by atoms with Crippen LogP contribution >= 0.6 is 0 Å². The Bertz CT molecular complexity index is 900. The van der Waals surface area contributed by atoms with E-state index in [9.17, 15) is 0 Å². The fourth-order valence-corrected chi connectivity index (χ4v) is 3.67. The molecule has 4 rings (SSSR count). The second-order valence-electron chi connectivity index (χ2n) is 6.85. The van der Waals surface area contributed by atoms with Gasteiger partial charge in [-0.2, -0.15) is 0 Å². The van der Waals surface area contributed by atoms with Crippen molar-refractivity contribution in [2.75, 3.05) is 18.0 Å². The largest absolute Gasteiger partial charge is 0.371 e. The Morgan fingerprint density at radius 2 is 1.72 bits per heavy atom. The Kier molecular flexibility index (Phi) is 4.51. The molecule has 0 amide bonds. The minimum Gasteiger partial charge on any atom is -0.371 e. The molecule has 2 heterocycles. The molecule has 25 heavy (non-hydrogen) atoms. The summed E-state index contributed by atoms with van der Waals surface area (Å²) < 4.78 is 0. The van der Waals surface area contributed by atoms with E-state index in [0.717, 1.165) is 18.8 Å². The third kappa shape index (κ3) is 3.43. The lowest BCUT2D eigenvalue weighted by atomic mass is 10.0. The Morgan fingerprint density at radius 3 is 2.60 bits per heavy atom. The molecular weight excluding hydrogens is 304 g/mol. The van der Waals surface area contributed by atoms with Gasteiger partial charge in [0.2, 0.25) is 0 Å².